The fraction of sp³-hybridized carbons (Fsp3) is 0. The SMILES string of the molecule is N#Cc1c(-c2ccccc2)cn2c(=O)c3ccccc3sc12. The van der Waals surface area contributed by atoms with Crippen LogP contribution in [0.2, 0.25) is 0 Å². The van der Waals surface area contributed by atoms with Crippen molar-refractivity contribution >= 4 is 26.3 Å². The van der Waals surface area contributed by atoms with E-state index in [4.69, 9.17) is 0 Å². The largest absolute Gasteiger partial charge is 0.273 e. The fourth-order valence-corrected chi connectivity index (χ4v) is 3.76. The molecule has 4 rings (SSSR count). The first-order valence-corrected chi connectivity index (χ1v) is 7.63. The van der Waals surface area contributed by atoms with Crippen LogP contribution in [0.25, 0.3) is 26.0 Å². The highest BCUT2D eigenvalue weighted by atomic mass is 32.1. The summed E-state index contributed by atoms with van der Waals surface area (Å²) >= 11 is 1.47. The maximum absolute atomic E-state index is 12.7. The summed E-state index contributed by atoms with van der Waals surface area (Å²) in [7, 11) is 0. The van der Waals surface area contributed by atoms with Crippen LogP contribution in [0.5, 0.6) is 0 Å². The van der Waals surface area contributed by atoms with E-state index >= 15 is 0 Å². The molecule has 2 aromatic heterocycles. The number of hydrogen-bond donors (Lipinski definition) is 0. The van der Waals surface area contributed by atoms with E-state index in [1.165, 1.54) is 11.3 Å². The Kier molecular flexibility index (Phi) is 2.81. The summed E-state index contributed by atoms with van der Waals surface area (Å²) in [6.07, 6.45) is 1.77. The van der Waals surface area contributed by atoms with E-state index in [0.717, 1.165) is 15.8 Å². The summed E-state index contributed by atoms with van der Waals surface area (Å²) in [6, 6.07) is 19.4. The van der Waals surface area contributed by atoms with Gasteiger partial charge < -0.3 is 0 Å². The molecule has 0 fully saturated rings. The van der Waals surface area contributed by atoms with Crippen LogP contribution in [-0.4, -0.2) is 4.40 Å². The molecule has 22 heavy (non-hydrogen) atoms. The lowest BCUT2D eigenvalue weighted by molar-refractivity contribution is 1.16. The van der Waals surface area contributed by atoms with Gasteiger partial charge in [0.2, 0.25) is 0 Å². The van der Waals surface area contributed by atoms with Gasteiger partial charge in [-0.3, -0.25) is 9.20 Å². The van der Waals surface area contributed by atoms with Gasteiger partial charge >= 0.3 is 0 Å². The maximum atomic E-state index is 12.7. The average molecular weight is 302 g/mol. The van der Waals surface area contributed by atoms with Crippen LogP contribution in [0.3, 0.4) is 0 Å². The lowest BCUT2D eigenvalue weighted by atomic mass is 10.1. The molecule has 0 aliphatic heterocycles. The van der Waals surface area contributed by atoms with E-state index in [2.05, 4.69) is 6.07 Å². The molecule has 0 aliphatic carbocycles. The number of hydrogen-bond acceptors (Lipinski definition) is 3. The Balaban J connectivity index is 2.18. The van der Waals surface area contributed by atoms with Crippen molar-refractivity contribution in [2.24, 2.45) is 0 Å². The monoisotopic (exact) mass is 302 g/mol. The maximum Gasteiger partial charge on any atom is 0.264 e. The molecule has 2 heterocycles. The molecule has 0 atom stereocenters. The van der Waals surface area contributed by atoms with Crippen LogP contribution in [0.1, 0.15) is 5.56 Å². The van der Waals surface area contributed by atoms with Crippen molar-refractivity contribution < 1.29 is 0 Å². The Hall–Kier alpha value is -2.90. The van der Waals surface area contributed by atoms with E-state index in [0.29, 0.717) is 15.8 Å². The van der Waals surface area contributed by atoms with Crippen molar-refractivity contribution in [1.82, 2.24) is 4.40 Å². The van der Waals surface area contributed by atoms with Gasteiger partial charge in [-0.25, -0.2) is 0 Å². The second kappa shape index (κ2) is 4.83. The highest BCUT2D eigenvalue weighted by Crippen LogP contribution is 2.31. The van der Waals surface area contributed by atoms with Gasteiger partial charge in [-0.15, -0.1) is 11.3 Å². The van der Waals surface area contributed by atoms with Crippen molar-refractivity contribution in [3.8, 4) is 17.2 Å². The number of aromatic nitrogens is 1. The molecule has 0 aliphatic rings. The fourth-order valence-electron chi connectivity index (χ4n) is 2.65. The van der Waals surface area contributed by atoms with Crippen LogP contribution in [0.4, 0.5) is 0 Å². The Morgan fingerprint density at radius 1 is 1.00 bits per heavy atom. The molecule has 4 aromatic rings. The number of benzene rings is 2. The van der Waals surface area contributed by atoms with E-state index in [1.54, 1.807) is 10.6 Å². The predicted molar refractivity (Wildman–Crippen MR) is 89.2 cm³/mol. The molecule has 3 nitrogen and oxygen atoms in total. The second-order valence-corrected chi connectivity index (χ2v) is 6.00. The van der Waals surface area contributed by atoms with Gasteiger partial charge in [0.25, 0.3) is 5.56 Å². The summed E-state index contributed by atoms with van der Waals surface area (Å²) in [5, 5.41) is 10.3. The minimum atomic E-state index is -0.0805. The standard InChI is InChI=1S/C18H10N2OS/c19-10-14-15(12-6-2-1-3-7-12)11-20-17(21)13-8-4-5-9-16(13)22-18(14)20/h1-9,11H. The summed E-state index contributed by atoms with van der Waals surface area (Å²) in [6.45, 7) is 0. The van der Waals surface area contributed by atoms with Gasteiger partial charge in [0.05, 0.1) is 10.9 Å². The first kappa shape index (κ1) is 12.8. The first-order chi connectivity index (χ1) is 10.8. The number of nitriles is 1. The molecule has 0 saturated carbocycles. The zero-order valence-electron chi connectivity index (χ0n) is 11.5. The number of nitrogens with zero attached hydrogens (tertiary/aromatic N) is 2. The molecule has 0 spiro atoms. The van der Waals surface area contributed by atoms with E-state index in [-0.39, 0.29) is 5.56 Å². The Morgan fingerprint density at radius 2 is 1.73 bits per heavy atom. The molecule has 0 N–H and O–H groups in total. The Bertz CT molecular complexity index is 1100. The molecular formula is C18H10N2OS. The first-order valence-electron chi connectivity index (χ1n) is 6.82. The van der Waals surface area contributed by atoms with Gasteiger partial charge in [-0.05, 0) is 17.7 Å². The zero-order chi connectivity index (χ0) is 15.1. The minimum absolute atomic E-state index is 0.0805. The van der Waals surface area contributed by atoms with E-state index in [9.17, 15) is 10.1 Å². The lowest BCUT2D eigenvalue weighted by Gasteiger charge is -1.98. The third-order valence-electron chi connectivity index (χ3n) is 3.70. The van der Waals surface area contributed by atoms with Gasteiger partial charge in [0, 0.05) is 16.5 Å². The molecule has 0 saturated heterocycles. The normalized spacial score (nSPS) is 10.9. The van der Waals surface area contributed by atoms with Crippen molar-refractivity contribution in [3.05, 3.63) is 76.7 Å². The van der Waals surface area contributed by atoms with Crippen LogP contribution in [-0.2, 0) is 0 Å². The van der Waals surface area contributed by atoms with Crippen LogP contribution in [0, 0.1) is 11.3 Å². The number of fused-ring (bicyclic) bond motifs is 2. The topological polar surface area (TPSA) is 45.3 Å². The quantitative estimate of drug-likeness (QED) is 0.532. The molecule has 0 amide bonds. The molecule has 4 heteroatoms. The van der Waals surface area contributed by atoms with Crippen LogP contribution >= 0.6 is 11.3 Å². The third kappa shape index (κ3) is 1.77. The van der Waals surface area contributed by atoms with Crippen molar-refractivity contribution in [2.45, 2.75) is 0 Å². The highest BCUT2D eigenvalue weighted by molar-refractivity contribution is 7.23. The summed E-state index contributed by atoms with van der Waals surface area (Å²) in [5.74, 6) is 0. The van der Waals surface area contributed by atoms with Crippen molar-refractivity contribution in [2.75, 3.05) is 0 Å². The smallest absolute Gasteiger partial charge is 0.264 e. The van der Waals surface area contributed by atoms with Gasteiger partial charge in [-0.2, -0.15) is 5.26 Å². The van der Waals surface area contributed by atoms with E-state index < -0.39 is 0 Å². The average Bonchev–Trinajstić information content (AvgIpc) is 2.95. The van der Waals surface area contributed by atoms with Gasteiger partial charge in [0.1, 0.15) is 10.9 Å². The van der Waals surface area contributed by atoms with E-state index in [1.807, 2.05) is 54.6 Å². The third-order valence-corrected chi connectivity index (χ3v) is 4.87. The highest BCUT2D eigenvalue weighted by Gasteiger charge is 2.16. The predicted octanol–water partition coefficient (Wildman–Crippen LogP) is 4.05. The number of rotatable bonds is 1. The molecule has 104 valence electrons. The van der Waals surface area contributed by atoms with Crippen molar-refractivity contribution in [1.29, 1.82) is 5.26 Å². The summed E-state index contributed by atoms with van der Waals surface area (Å²) in [5.41, 5.74) is 2.22. The molecular weight excluding hydrogens is 292 g/mol. The zero-order valence-corrected chi connectivity index (χ0v) is 12.3. The van der Waals surface area contributed by atoms with Crippen LogP contribution < -0.4 is 5.56 Å². The molecule has 0 radical (unpaired) electrons. The summed E-state index contributed by atoms with van der Waals surface area (Å²) in [4.78, 5) is 13.4. The minimum Gasteiger partial charge on any atom is -0.273 e. The molecule has 0 bridgehead atoms. The van der Waals surface area contributed by atoms with Crippen LogP contribution in [0.15, 0.2) is 65.6 Å². The Labute approximate surface area is 130 Å². The summed E-state index contributed by atoms with van der Waals surface area (Å²) < 4.78 is 2.49. The Morgan fingerprint density at radius 3 is 2.50 bits per heavy atom. The molecule has 2 aromatic carbocycles. The molecule has 0 unspecified atom stereocenters. The lowest BCUT2D eigenvalue weighted by Crippen LogP contribution is -2.10. The second-order valence-electron chi connectivity index (χ2n) is 4.97. The van der Waals surface area contributed by atoms with Gasteiger partial charge in [0.15, 0.2) is 0 Å². The van der Waals surface area contributed by atoms with Gasteiger partial charge in [-0.1, -0.05) is 42.5 Å². The van der Waals surface area contributed by atoms with Crippen molar-refractivity contribution in [3.63, 3.8) is 0 Å².